The van der Waals surface area contributed by atoms with Crippen LogP contribution < -0.4 is 9.47 Å². The summed E-state index contributed by atoms with van der Waals surface area (Å²) in [6.45, 7) is 0. The summed E-state index contributed by atoms with van der Waals surface area (Å²) in [5.74, 6) is 1.50. The molecule has 4 heteroatoms. The third kappa shape index (κ3) is 4.05. The quantitative estimate of drug-likeness (QED) is 0.187. The number of hydrogen-bond acceptors (Lipinski definition) is 4. The summed E-state index contributed by atoms with van der Waals surface area (Å²) in [6, 6.07) is 50.5. The van der Waals surface area contributed by atoms with Crippen LogP contribution >= 0.6 is 0 Å². The maximum Gasteiger partial charge on any atom is 0.143 e. The van der Waals surface area contributed by atoms with E-state index in [9.17, 15) is 0 Å². The second kappa shape index (κ2) is 11.0. The van der Waals surface area contributed by atoms with E-state index in [1.807, 2.05) is 24.3 Å². The highest BCUT2D eigenvalue weighted by molar-refractivity contribution is 6.18. The first-order valence-corrected chi connectivity index (χ1v) is 16.7. The molecule has 238 valence electrons. The zero-order chi connectivity index (χ0) is 33.3. The molecule has 8 aromatic carbocycles. The van der Waals surface area contributed by atoms with E-state index in [4.69, 9.17) is 18.3 Å². The number of furan rings is 2. The van der Waals surface area contributed by atoms with Gasteiger partial charge in [-0.15, -0.1) is 0 Å². The Kier molecular flexibility index (Phi) is 6.27. The molecule has 0 amide bonds. The molecule has 4 nitrogen and oxygen atoms in total. The Labute approximate surface area is 287 Å². The van der Waals surface area contributed by atoms with Crippen molar-refractivity contribution in [3.63, 3.8) is 0 Å². The van der Waals surface area contributed by atoms with Gasteiger partial charge < -0.3 is 18.3 Å². The molecule has 10 rings (SSSR count). The van der Waals surface area contributed by atoms with Crippen LogP contribution in [0.3, 0.4) is 0 Å². The summed E-state index contributed by atoms with van der Waals surface area (Å²) < 4.78 is 26.1. The SMILES string of the molecule is COc1c(-c2cccc3c2oc2ccccc23)cc2ccccc2c1-c1c(OC)c(-c2cccc3c2oc2ccccc23)cc2ccccc12. The Balaban J connectivity index is 1.35. The molecule has 0 N–H and O–H groups in total. The second-order valence-electron chi connectivity index (χ2n) is 12.7. The molecular weight excluding hydrogens is 617 g/mol. The van der Waals surface area contributed by atoms with E-state index < -0.39 is 0 Å². The minimum absolute atomic E-state index is 0.749. The lowest BCUT2D eigenvalue weighted by Gasteiger charge is -2.22. The first-order valence-electron chi connectivity index (χ1n) is 16.7. The number of rotatable bonds is 5. The van der Waals surface area contributed by atoms with E-state index in [-0.39, 0.29) is 0 Å². The van der Waals surface area contributed by atoms with Crippen LogP contribution in [-0.2, 0) is 0 Å². The van der Waals surface area contributed by atoms with Crippen molar-refractivity contribution in [2.75, 3.05) is 14.2 Å². The molecule has 2 heterocycles. The monoisotopic (exact) mass is 646 g/mol. The maximum absolute atomic E-state index is 6.56. The van der Waals surface area contributed by atoms with E-state index in [1.54, 1.807) is 14.2 Å². The van der Waals surface area contributed by atoms with Crippen molar-refractivity contribution in [2.45, 2.75) is 0 Å². The number of para-hydroxylation sites is 4. The zero-order valence-electron chi connectivity index (χ0n) is 27.5. The highest BCUT2D eigenvalue weighted by Gasteiger charge is 2.27. The maximum atomic E-state index is 6.56. The molecule has 0 bridgehead atoms. The van der Waals surface area contributed by atoms with Crippen LogP contribution in [0.5, 0.6) is 11.5 Å². The van der Waals surface area contributed by atoms with E-state index in [1.165, 1.54) is 0 Å². The first-order chi connectivity index (χ1) is 24.7. The Hall–Kier alpha value is -6.52. The summed E-state index contributed by atoms with van der Waals surface area (Å²) >= 11 is 0. The van der Waals surface area contributed by atoms with E-state index in [0.29, 0.717) is 0 Å². The van der Waals surface area contributed by atoms with Crippen molar-refractivity contribution in [3.05, 3.63) is 146 Å². The lowest BCUT2D eigenvalue weighted by atomic mass is 9.86. The van der Waals surface area contributed by atoms with E-state index >= 15 is 0 Å². The van der Waals surface area contributed by atoms with Crippen LogP contribution in [0.25, 0.3) is 98.8 Å². The normalized spacial score (nSPS) is 11.8. The molecule has 0 atom stereocenters. The van der Waals surface area contributed by atoms with Gasteiger partial charge in [-0.3, -0.25) is 0 Å². The van der Waals surface area contributed by atoms with Gasteiger partial charge in [0, 0.05) is 54.9 Å². The molecule has 0 saturated heterocycles. The lowest BCUT2D eigenvalue weighted by Crippen LogP contribution is -1.99. The van der Waals surface area contributed by atoms with Crippen molar-refractivity contribution in [3.8, 4) is 44.9 Å². The second-order valence-corrected chi connectivity index (χ2v) is 12.7. The molecule has 0 aliphatic rings. The Morgan fingerprint density at radius 1 is 0.360 bits per heavy atom. The van der Waals surface area contributed by atoms with Crippen LogP contribution in [0.15, 0.2) is 154 Å². The minimum atomic E-state index is 0.749. The van der Waals surface area contributed by atoms with Gasteiger partial charge in [0.25, 0.3) is 0 Å². The Morgan fingerprint density at radius 3 is 1.18 bits per heavy atom. The van der Waals surface area contributed by atoms with Crippen LogP contribution in [0.4, 0.5) is 0 Å². The molecule has 0 fully saturated rings. The smallest absolute Gasteiger partial charge is 0.143 e. The predicted octanol–water partition coefficient (Wildman–Crippen LogP) is 12.8. The molecule has 0 saturated carbocycles. The average Bonchev–Trinajstić information content (AvgIpc) is 3.75. The van der Waals surface area contributed by atoms with Crippen LogP contribution in [0.1, 0.15) is 0 Å². The first kappa shape index (κ1) is 28.5. The fourth-order valence-corrected chi connectivity index (χ4v) is 7.90. The Bertz CT molecular complexity index is 2760. The van der Waals surface area contributed by atoms with Gasteiger partial charge in [0.15, 0.2) is 0 Å². The van der Waals surface area contributed by atoms with Gasteiger partial charge in [-0.05, 0) is 45.8 Å². The van der Waals surface area contributed by atoms with Crippen LogP contribution in [0, 0.1) is 0 Å². The number of methoxy groups -OCH3 is 2. The highest BCUT2D eigenvalue weighted by Crippen LogP contribution is 2.53. The lowest BCUT2D eigenvalue weighted by molar-refractivity contribution is 0.413. The molecule has 10 aromatic rings. The number of ether oxygens (including phenoxy) is 2. The number of fused-ring (bicyclic) bond motifs is 8. The third-order valence-electron chi connectivity index (χ3n) is 10.1. The topological polar surface area (TPSA) is 44.7 Å². The standard InChI is InChI=1S/C46H30O4/c1-47-45-37(35-21-11-19-33-31-17-7-9-23-39(31)49-43(33)35)25-27-13-3-5-15-29(27)41(45)42-30-16-6-4-14-28(30)26-38(46(42)48-2)36-22-12-20-34-32-18-8-10-24-40(32)50-44(34)36/h3-26H,1-2H3. The fraction of sp³-hybridized carbons (Fsp3) is 0.0435. The molecule has 0 radical (unpaired) electrons. The van der Waals surface area contributed by atoms with Crippen molar-refractivity contribution >= 4 is 65.4 Å². The van der Waals surface area contributed by atoms with Gasteiger partial charge >= 0.3 is 0 Å². The van der Waals surface area contributed by atoms with Gasteiger partial charge in [-0.1, -0.05) is 121 Å². The zero-order valence-corrected chi connectivity index (χ0v) is 27.5. The van der Waals surface area contributed by atoms with Gasteiger partial charge in [-0.25, -0.2) is 0 Å². The molecule has 0 aliphatic carbocycles. The largest absolute Gasteiger partial charge is 0.495 e. The van der Waals surface area contributed by atoms with Crippen LogP contribution in [0.2, 0.25) is 0 Å². The van der Waals surface area contributed by atoms with Crippen LogP contribution in [-0.4, -0.2) is 14.2 Å². The van der Waals surface area contributed by atoms with Crippen molar-refractivity contribution in [1.82, 2.24) is 0 Å². The summed E-state index contributed by atoms with van der Waals surface area (Å²) in [5.41, 5.74) is 9.11. The fourth-order valence-electron chi connectivity index (χ4n) is 7.90. The van der Waals surface area contributed by atoms with E-state index in [0.717, 1.165) is 110 Å². The number of benzene rings is 8. The molecule has 0 aliphatic heterocycles. The van der Waals surface area contributed by atoms with E-state index in [2.05, 4.69) is 121 Å². The average molecular weight is 647 g/mol. The van der Waals surface area contributed by atoms with Gasteiger partial charge in [0.05, 0.1) is 14.2 Å². The molecule has 50 heavy (non-hydrogen) atoms. The minimum Gasteiger partial charge on any atom is -0.495 e. The van der Waals surface area contributed by atoms with Crippen molar-refractivity contribution in [2.24, 2.45) is 0 Å². The molecule has 2 aromatic heterocycles. The molecule has 0 spiro atoms. The van der Waals surface area contributed by atoms with Crippen molar-refractivity contribution in [1.29, 1.82) is 0 Å². The van der Waals surface area contributed by atoms with Gasteiger partial charge in [0.2, 0.25) is 0 Å². The summed E-state index contributed by atoms with van der Waals surface area (Å²) in [5, 5.41) is 8.61. The number of hydrogen-bond donors (Lipinski definition) is 0. The molecule has 0 unspecified atom stereocenters. The van der Waals surface area contributed by atoms with Crippen molar-refractivity contribution < 1.29 is 18.3 Å². The summed E-state index contributed by atoms with van der Waals surface area (Å²) in [6.07, 6.45) is 0. The van der Waals surface area contributed by atoms with Gasteiger partial charge in [-0.2, -0.15) is 0 Å². The highest BCUT2D eigenvalue weighted by atomic mass is 16.5. The van der Waals surface area contributed by atoms with Gasteiger partial charge in [0.1, 0.15) is 33.8 Å². The predicted molar refractivity (Wildman–Crippen MR) is 205 cm³/mol. The summed E-state index contributed by atoms with van der Waals surface area (Å²) in [4.78, 5) is 0. The summed E-state index contributed by atoms with van der Waals surface area (Å²) in [7, 11) is 3.51. The third-order valence-corrected chi connectivity index (χ3v) is 10.1. The molecular formula is C46H30O4. The Morgan fingerprint density at radius 2 is 0.740 bits per heavy atom.